The number of fused-ring (bicyclic) bond motifs is 1. The third-order valence-electron chi connectivity index (χ3n) is 5.54. The Morgan fingerprint density at radius 3 is 2.58 bits per heavy atom. The number of hydrogen-bond acceptors (Lipinski definition) is 4. The first kappa shape index (κ1) is 22.5. The van der Waals surface area contributed by atoms with Gasteiger partial charge in [-0.1, -0.05) is 18.9 Å². The van der Waals surface area contributed by atoms with Gasteiger partial charge >= 0.3 is 5.97 Å². The molecule has 1 aromatic heterocycles. The molecule has 0 fully saturated rings. The van der Waals surface area contributed by atoms with Gasteiger partial charge in [0.25, 0.3) is 0 Å². The van der Waals surface area contributed by atoms with Gasteiger partial charge < -0.3 is 13.9 Å². The lowest BCUT2D eigenvalue weighted by Crippen LogP contribution is -2.06. The average Bonchev–Trinajstić information content (AvgIpc) is 3.16. The maximum Gasteiger partial charge on any atom is 0.306 e. The molecule has 162 valence electrons. The fraction of sp³-hybridized carbons (Fsp3) is 0.370. The highest BCUT2D eigenvalue weighted by Gasteiger charge is 2.13. The van der Waals surface area contributed by atoms with E-state index in [9.17, 15) is 4.79 Å². The van der Waals surface area contributed by atoms with E-state index < -0.39 is 0 Å². The van der Waals surface area contributed by atoms with Gasteiger partial charge in [0.2, 0.25) is 0 Å². The highest BCUT2D eigenvalue weighted by atomic mass is 16.5. The van der Waals surface area contributed by atoms with Crippen LogP contribution in [0.2, 0.25) is 0 Å². The molecule has 0 atom stereocenters. The molecule has 0 aliphatic rings. The number of furan rings is 1. The third kappa shape index (κ3) is 5.30. The minimum atomic E-state index is -0.168. The summed E-state index contributed by atoms with van der Waals surface area (Å²) in [5, 5.41) is 1.01. The highest BCUT2D eigenvalue weighted by molar-refractivity contribution is 5.83. The van der Waals surface area contributed by atoms with E-state index >= 15 is 0 Å². The SMILES string of the molecule is C#Cc1cc(COc2ccc(CCC(=O)OCC)c(C)c2C)c2oc(CCC)cc2c1. The summed E-state index contributed by atoms with van der Waals surface area (Å²) in [6, 6.07) is 10.00. The predicted molar refractivity (Wildman–Crippen MR) is 123 cm³/mol. The maximum atomic E-state index is 11.7. The molecule has 0 saturated carbocycles. The number of aryl methyl sites for hydroxylation is 2. The summed E-state index contributed by atoms with van der Waals surface area (Å²) in [4.78, 5) is 11.7. The van der Waals surface area contributed by atoms with Crippen molar-refractivity contribution in [2.45, 2.75) is 60.0 Å². The Labute approximate surface area is 184 Å². The van der Waals surface area contributed by atoms with Gasteiger partial charge in [0.1, 0.15) is 23.7 Å². The van der Waals surface area contributed by atoms with Crippen LogP contribution in [0.1, 0.15) is 60.3 Å². The van der Waals surface area contributed by atoms with Crippen molar-refractivity contribution in [2.24, 2.45) is 0 Å². The maximum absolute atomic E-state index is 11.7. The zero-order chi connectivity index (χ0) is 22.4. The van der Waals surface area contributed by atoms with E-state index in [0.717, 1.165) is 63.1 Å². The van der Waals surface area contributed by atoms with E-state index in [2.05, 4.69) is 25.8 Å². The van der Waals surface area contributed by atoms with Crippen molar-refractivity contribution in [1.82, 2.24) is 0 Å². The van der Waals surface area contributed by atoms with Crippen molar-refractivity contribution < 1.29 is 18.7 Å². The van der Waals surface area contributed by atoms with Gasteiger partial charge in [0, 0.05) is 29.4 Å². The molecule has 1 heterocycles. The first-order valence-electron chi connectivity index (χ1n) is 10.9. The van der Waals surface area contributed by atoms with Crippen molar-refractivity contribution in [3.8, 4) is 18.1 Å². The summed E-state index contributed by atoms with van der Waals surface area (Å²) < 4.78 is 17.3. The van der Waals surface area contributed by atoms with Crippen LogP contribution in [-0.2, 0) is 29.0 Å². The van der Waals surface area contributed by atoms with E-state index in [1.165, 1.54) is 0 Å². The van der Waals surface area contributed by atoms with Crippen molar-refractivity contribution >= 4 is 16.9 Å². The number of carbonyl (C=O) groups excluding carboxylic acids is 1. The van der Waals surface area contributed by atoms with Crippen molar-refractivity contribution in [3.05, 3.63) is 63.9 Å². The Bertz CT molecular complexity index is 1110. The Kier molecular flexibility index (Phi) is 7.41. The summed E-state index contributed by atoms with van der Waals surface area (Å²) in [7, 11) is 0. The van der Waals surface area contributed by atoms with Crippen LogP contribution in [0.4, 0.5) is 0 Å². The second-order valence-electron chi connectivity index (χ2n) is 7.73. The molecule has 0 unspecified atom stereocenters. The molecule has 0 amide bonds. The summed E-state index contributed by atoms with van der Waals surface area (Å²) in [5.41, 5.74) is 5.92. The number of hydrogen-bond donors (Lipinski definition) is 0. The van der Waals surface area contributed by atoms with Crippen LogP contribution in [0.15, 0.2) is 34.7 Å². The topological polar surface area (TPSA) is 48.7 Å². The lowest BCUT2D eigenvalue weighted by molar-refractivity contribution is -0.143. The van der Waals surface area contributed by atoms with Gasteiger partial charge in [0.15, 0.2) is 0 Å². The van der Waals surface area contributed by atoms with E-state index in [1.54, 1.807) is 0 Å². The molecule has 0 saturated heterocycles. The van der Waals surface area contributed by atoms with Gasteiger partial charge in [-0.15, -0.1) is 6.42 Å². The van der Waals surface area contributed by atoms with Crippen LogP contribution in [0.25, 0.3) is 11.0 Å². The molecule has 31 heavy (non-hydrogen) atoms. The molecule has 0 radical (unpaired) electrons. The molecule has 0 spiro atoms. The first-order chi connectivity index (χ1) is 15.0. The quantitative estimate of drug-likeness (QED) is 0.313. The third-order valence-corrected chi connectivity index (χ3v) is 5.54. The van der Waals surface area contributed by atoms with Crippen LogP contribution >= 0.6 is 0 Å². The molecule has 4 nitrogen and oxygen atoms in total. The molecule has 3 rings (SSSR count). The van der Waals surface area contributed by atoms with E-state index in [1.807, 2.05) is 38.1 Å². The first-order valence-corrected chi connectivity index (χ1v) is 10.9. The minimum absolute atomic E-state index is 0.168. The van der Waals surface area contributed by atoms with Gasteiger partial charge in [-0.2, -0.15) is 0 Å². The normalized spacial score (nSPS) is 10.8. The van der Waals surface area contributed by atoms with Gasteiger partial charge in [-0.3, -0.25) is 4.79 Å². The standard InChI is InChI=1S/C27H30O4/c1-6-9-24-16-22-14-20(7-2)15-23(27(22)31-24)17-30-25-12-10-21(18(4)19(25)5)11-13-26(28)29-8-3/h2,10,12,14-16H,6,8-9,11,13,17H2,1,3-5H3. The number of benzene rings is 2. The van der Waals surface area contributed by atoms with Gasteiger partial charge in [-0.25, -0.2) is 0 Å². The van der Waals surface area contributed by atoms with Crippen LogP contribution in [0.5, 0.6) is 5.75 Å². The molecular formula is C27H30O4. The number of terminal acetylenes is 1. The zero-order valence-corrected chi connectivity index (χ0v) is 18.8. The number of rotatable bonds is 9. The fourth-order valence-corrected chi connectivity index (χ4v) is 3.74. The Morgan fingerprint density at radius 2 is 1.87 bits per heavy atom. The molecular weight excluding hydrogens is 388 g/mol. The summed E-state index contributed by atoms with van der Waals surface area (Å²) in [6.45, 7) is 8.83. The van der Waals surface area contributed by atoms with Crippen LogP contribution in [-0.4, -0.2) is 12.6 Å². The summed E-state index contributed by atoms with van der Waals surface area (Å²) >= 11 is 0. The zero-order valence-electron chi connectivity index (χ0n) is 18.8. The summed E-state index contributed by atoms with van der Waals surface area (Å²) in [6.07, 6.45) is 8.61. The van der Waals surface area contributed by atoms with E-state index in [4.69, 9.17) is 20.3 Å². The summed E-state index contributed by atoms with van der Waals surface area (Å²) in [5.74, 6) is 4.34. The highest BCUT2D eigenvalue weighted by Crippen LogP contribution is 2.29. The lowest BCUT2D eigenvalue weighted by Gasteiger charge is -2.15. The predicted octanol–water partition coefficient (Wildman–Crippen LogP) is 6.06. The molecule has 0 aliphatic carbocycles. The molecule has 0 bridgehead atoms. The van der Waals surface area contributed by atoms with Gasteiger partial charge in [-0.05, 0) is 74.6 Å². The minimum Gasteiger partial charge on any atom is -0.488 e. The van der Waals surface area contributed by atoms with Crippen LogP contribution in [0, 0.1) is 26.2 Å². The average molecular weight is 419 g/mol. The second kappa shape index (κ2) is 10.2. The number of ether oxygens (including phenoxy) is 2. The van der Waals surface area contributed by atoms with E-state index in [0.29, 0.717) is 26.1 Å². The molecule has 4 heteroatoms. The number of esters is 1. The molecule has 0 N–H and O–H groups in total. The molecule has 3 aromatic rings. The van der Waals surface area contributed by atoms with Crippen molar-refractivity contribution in [2.75, 3.05) is 6.61 Å². The Hall–Kier alpha value is -3.19. The lowest BCUT2D eigenvalue weighted by atomic mass is 9.99. The molecule has 2 aromatic carbocycles. The molecule has 0 aliphatic heterocycles. The van der Waals surface area contributed by atoms with Crippen LogP contribution in [0.3, 0.4) is 0 Å². The number of carbonyl (C=O) groups is 1. The van der Waals surface area contributed by atoms with E-state index in [-0.39, 0.29) is 5.97 Å². The monoisotopic (exact) mass is 418 g/mol. The van der Waals surface area contributed by atoms with Gasteiger partial charge in [0.05, 0.1) is 6.61 Å². The Morgan fingerprint density at radius 1 is 1.06 bits per heavy atom. The second-order valence-corrected chi connectivity index (χ2v) is 7.73. The smallest absolute Gasteiger partial charge is 0.306 e. The van der Waals surface area contributed by atoms with Crippen molar-refractivity contribution in [3.63, 3.8) is 0 Å². The largest absolute Gasteiger partial charge is 0.488 e. The fourth-order valence-electron chi connectivity index (χ4n) is 3.74. The van der Waals surface area contributed by atoms with Crippen molar-refractivity contribution in [1.29, 1.82) is 0 Å². The Balaban J connectivity index is 1.79. The van der Waals surface area contributed by atoms with Crippen LogP contribution < -0.4 is 4.74 Å².